The topological polar surface area (TPSA) is 43.8 Å². The molecule has 1 aliphatic rings. The number of carboxylic acids is 1. The molecule has 4 heteroatoms. The van der Waals surface area contributed by atoms with Gasteiger partial charge >= 0.3 is 5.97 Å². The molecule has 1 aliphatic heterocycles. The third-order valence-electron chi connectivity index (χ3n) is 3.89. The Hall–Kier alpha value is -0.610. The molecule has 1 rings (SSSR count). The third kappa shape index (κ3) is 4.28. The lowest BCUT2D eigenvalue weighted by molar-refractivity contribution is -0.147. The maximum atomic E-state index is 11.0. The highest BCUT2D eigenvalue weighted by atomic mass is 16.4. The molecule has 1 saturated heterocycles. The molecule has 1 atom stereocenters. The zero-order valence-electron chi connectivity index (χ0n) is 11.6. The van der Waals surface area contributed by atoms with Crippen LogP contribution in [0.2, 0.25) is 0 Å². The molecule has 100 valence electrons. The second-order valence-corrected chi connectivity index (χ2v) is 5.98. The second kappa shape index (κ2) is 5.83. The van der Waals surface area contributed by atoms with E-state index in [1.807, 2.05) is 0 Å². The van der Waals surface area contributed by atoms with Gasteiger partial charge in [0, 0.05) is 12.6 Å². The van der Waals surface area contributed by atoms with Crippen LogP contribution in [0.25, 0.3) is 0 Å². The van der Waals surface area contributed by atoms with Crippen LogP contribution < -0.4 is 0 Å². The van der Waals surface area contributed by atoms with Gasteiger partial charge in [-0.15, -0.1) is 0 Å². The molecule has 1 heterocycles. The normalized spacial score (nSPS) is 22.3. The Bertz CT molecular complexity index is 266. The fourth-order valence-corrected chi connectivity index (χ4v) is 2.24. The number of rotatable bonds is 6. The van der Waals surface area contributed by atoms with Crippen molar-refractivity contribution in [3.63, 3.8) is 0 Å². The van der Waals surface area contributed by atoms with Crippen LogP contribution in [0.15, 0.2) is 0 Å². The summed E-state index contributed by atoms with van der Waals surface area (Å²) in [4.78, 5) is 15.7. The minimum atomic E-state index is -0.705. The first-order valence-electron chi connectivity index (χ1n) is 6.45. The number of nitrogens with zero attached hydrogens (tertiary/aromatic N) is 2. The summed E-state index contributed by atoms with van der Waals surface area (Å²) in [6.07, 6.45) is 3.26. The number of hydrogen-bond acceptors (Lipinski definition) is 3. The number of carboxylic acid groups (broad SMARTS) is 1. The lowest BCUT2D eigenvalue weighted by atomic mass is 9.89. The van der Waals surface area contributed by atoms with Crippen molar-refractivity contribution in [2.45, 2.75) is 39.2 Å². The second-order valence-electron chi connectivity index (χ2n) is 5.98. The number of aliphatic carboxylic acids is 1. The molecule has 1 unspecified atom stereocenters. The Kier molecular flexibility index (Phi) is 4.95. The van der Waals surface area contributed by atoms with Gasteiger partial charge in [0.25, 0.3) is 0 Å². The van der Waals surface area contributed by atoms with Gasteiger partial charge in [-0.05, 0) is 60.3 Å². The summed E-state index contributed by atoms with van der Waals surface area (Å²) in [7, 11) is 4.26. The van der Waals surface area contributed by atoms with Crippen molar-refractivity contribution < 1.29 is 9.90 Å². The predicted octanol–water partition coefficient (Wildman–Crippen LogP) is 1.51. The Balaban J connectivity index is 2.30. The van der Waals surface area contributed by atoms with Crippen molar-refractivity contribution in [1.82, 2.24) is 9.80 Å². The summed E-state index contributed by atoms with van der Waals surface area (Å²) < 4.78 is 0. The molecule has 1 N–H and O–H groups in total. The van der Waals surface area contributed by atoms with E-state index in [9.17, 15) is 4.79 Å². The van der Waals surface area contributed by atoms with E-state index in [0.717, 1.165) is 13.1 Å². The molecule has 0 amide bonds. The summed E-state index contributed by atoms with van der Waals surface area (Å²) in [6.45, 7) is 6.69. The van der Waals surface area contributed by atoms with Gasteiger partial charge in [0.1, 0.15) is 0 Å². The lowest BCUT2D eigenvalue weighted by Gasteiger charge is -2.28. The van der Waals surface area contributed by atoms with Crippen molar-refractivity contribution >= 4 is 5.97 Å². The first kappa shape index (κ1) is 14.5. The molecule has 17 heavy (non-hydrogen) atoms. The van der Waals surface area contributed by atoms with Crippen LogP contribution in [0.5, 0.6) is 0 Å². The first-order chi connectivity index (χ1) is 7.83. The highest BCUT2D eigenvalue weighted by Gasteiger charge is 2.28. The van der Waals surface area contributed by atoms with Crippen LogP contribution in [0.1, 0.15) is 33.1 Å². The van der Waals surface area contributed by atoms with Gasteiger partial charge in [-0.1, -0.05) is 0 Å². The summed E-state index contributed by atoms with van der Waals surface area (Å²) in [6, 6.07) is 0.646. The van der Waals surface area contributed by atoms with Gasteiger partial charge in [0.15, 0.2) is 0 Å². The Labute approximate surface area is 105 Å². The van der Waals surface area contributed by atoms with Gasteiger partial charge in [0.2, 0.25) is 0 Å². The van der Waals surface area contributed by atoms with E-state index >= 15 is 0 Å². The molecule has 0 saturated carbocycles. The van der Waals surface area contributed by atoms with Gasteiger partial charge < -0.3 is 14.9 Å². The average molecular weight is 242 g/mol. The molecular formula is C13H26N2O2. The van der Waals surface area contributed by atoms with E-state index in [0.29, 0.717) is 12.5 Å². The number of carbonyl (C=O) groups is 1. The van der Waals surface area contributed by atoms with Crippen molar-refractivity contribution in [2.75, 3.05) is 33.7 Å². The van der Waals surface area contributed by atoms with Gasteiger partial charge in [-0.25, -0.2) is 0 Å². The molecule has 4 nitrogen and oxygen atoms in total. The van der Waals surface area contributed by atoms with Crippen LogP contribution in [-0.2, 0) is 4.79 Å². The molecule has 0 aromatic carbocycles. The standard InChI is InChI=1S/C13H26N2O2/c1-13(2,12(16)17)7-9-14(3)10-11-6-5-8-15(11)4/h11H,5-10H2,1-4H3,(H,16,17). The van der Waals surface area contributed by atoms with E-state index in [-0.39, 0.29) is 0 Å². The highest BCUT2D eigenvalue weighted by Crippen LogP contribution is 2.21. The summed E-state index contributed by atoms with van der Waals surface area (Å²) in [5.41, 5.74) is -0.615. The lowest BCUT2D eigenvalue weighted by Crippen LogP contribution is -2.38. The molecule has 0 aromatic heterocycles. The maximum Gasteiger partial charge on any atom is 0.309 e. The quantitative estimate of drug-likeness (QED) is 0.767. The van der Waals surface area contributed by atoms with Crippen LogP contribution in [0.3, 0.4) is 0 Å². The van der Waals surface area contributed by atoms with Crippen molar-refractivity contribution in [1.29, 1.82) is 0 Å². The van der Waals surface area contributed by atoms with Crippen molar-refractivity contribution in [3.8, 4) is 0 Å². The number of likely N-dealkylation sites (N-methyl/N-ethyl adjacent to an activating group) is 2. The highest BCUT2D eigenvalue weighted by molar-refractivity contribution is 5.73. The molecule has 0 bridgehead atoms. The van der Waals surface area contributed by atoms with E-state index in [1.165, 1.54) is 19.4 Å². The molecule has 0 spiro atoms. The monoisotopic (exact) mass is 242 g/mol. The number of hydrogen-bond donors (Lipinski definition) is 1. The number of likely N-dealkylation sites (tertiary alicyclic amines) is 1. The smallest absolute Gasteiger partial charge is 0.309 e. The summed E-state index contributed by atoms with van der Waals surface area (Å²) in [5, 5.41) is 9.05. The average Bonchev–Trinajstić information content (AvgIpc) is 2.61. The fraction of sp³-hybridized carbons (Fsp3) is 0.923. The van der Waals surface area contributed by atoms with Crippen LogP contribution in [0.4, 0.5) is 0 Å². The van der Waals surface area contributed by atoms with E-state index in [2.05, 4.69) is 23.9 Å². The molecule has 0 radical (unpaired) electrons. The van der Waals surface area contributed by atoms with Gasteiger partial charge in [-0.3, -0.25) is 4.79 Å². The Morgan fingerprint density at radius 1 is 1.53 bits per heavy atom. The molecular weight excluding hydrogens is 216 g/mol. The van der Waals surface area contributed by atoms with Gasteiger partial charge in [0.05, 0.1) is 5.41 Å². The minimum Gasteiger partial charge on any atom is -0.481 e. The van der Waals surface area contributed by atoms with Crippen molar-refractivity contribution in [3.05, 3.63) is 0 Å². The van der Waals surface area contributed by atoms with Crippen LogP contribution in [-0.4, -0.2) is 60.6 Å². The fourth-order valence-electron chi connectivity index (χ4n) is 2.24. The third-order valence-corrected chi connectivity index (χ3v) is 3.89. The van der Waals surface area contributed by atoms with Crippen molar-refractivity contribution in [2.24, 2.45) is 5.41 Å². The van der Waals surface area contributed by atoms with Gasteiger partial charge in [-0.2, -0.15) is 0 Å². The Morgan fingerprint density at radius 3 is 2.65 bits per heavy atom. The van der Waals surface area contributed by atoms with E-state index < -0.39 is 11.4 Å². The summed E-state index contributed by atoms with van der Waals surface area (Å²) >= 11 is 0. The predicted molar refractivity (Wildman–Crippen MR) is 69.2 cm³/mol. The summed E-state index contributed by atoms with van der Waals surface area (Å²) in [5.74, 6) is -0.705. The molecule has 1 fully saturated rings. The molecule has 0 aliphatic carbocycles. The van der Waals surface area contributed by atoms with E-state index in [1.54, 1.807) is 13.8 Å². The molecule has 0 aromatic rings. The SMILES string of the molecule is CN(CCC(C)(C)C(=O)O)CC1CCCN1C. The Morgan fingerprint density at radius 2 is 2.18 bits per heavy atom. The zero-order chi connectivity index (χ0) is 13.1. The van der Waals surface area contributed by atoms with E-state index in [4.69, 9.17) is 5.11 Å². The van der Waals surface area contributed by atoms with Crippen LogP contribution >= 0.6 is 0 Å². The maximum absolute atomic E-state index is 11.0. The largest absolute Gasteiger partial charge is 0.481 e. The minimum absolute atomic E-state index is 0.615. The zero-order valence-corrected chi connectivity index (χ0v) is 11.6. The first-order valence-corrected chi connectivity index (χ1v) is 6.45. The van der Waals surface area contributed by atoms with Crippen LogP contribution in [0, 0.1) is 5.41 Å².